The van der Waals surface area contributed by atoms with Crippen molar-refractivity contribution in [2.45, 2.75) is 58.1 Å². The van der Waals surface area contributed by atoms with Crippen LogP contribution in [-0.4, -0.2) is 25.3 Å². The van der Waals surface area contributed by atoms with E-state index in [-0.39, 0.29) is 0 Å². The Morgan fingerprint density at radius 3 is 2.69 bits per heavy atom. The van der Waals surface area contributed by atoms with Gasteiger partial charge < -0.3 is 10.1 Å². The molecule has 0 aromatic rings. The van der Waals surface area contributed by atoms with Gasteiger partial charge in [-0.3, -0.25) is 0 Å². The summed E-state index contributed by atoms with van der Waals surface area (Å²) in [5.74, 6) is 0.805. The Bertz CT molecular complexity index is 189. The zero-order valence-corrected chi connectivity index (χ0v) is 10.9. The molecule has 2 unspecified atom stereocenters. The molecule has 1 aliphatic carbocycles. The Morgan fingerprint density at radius 2 is 2.19 bits per heavy atom. The van der Waals surface area contributed by atoms with Crippen molar-refractivity contribution >= 4 is 0 Å². The Morgan fingerprint density at radius 1 is 1.44 bits per heavy atom. The second kappa shape index (κ2) is 7.86. The number of hydrogen-bond donors (Lipinski definition) is 1. The molecule has 0 aromatic carbocycles. The van der Waals surface area contributed by atoms with Crippen LogP contribution < -0.4 is 5.32 Å². The first-order valence-electron chi connectivity index (χ1n) is 6.79. The smallest absolute Gasteiger partial charge is 0.0756 e. The summed E-state index contributed by atoms with van der Waals surface area (Å²) in [6.45, 7) is 10.0. The van der Waals surface area contributed by atoms with Crippen LogP contribution >= 0.6 is 0 Å². The van der Waals surface area contributed by atoms with E-state index in [1.165, 1.54) is 19.3 Å². The average molecular weight is 225 g/mol. The van der Waals surface area contributed by atoms with Crippen molar-refractivity contribution in [3.63, 3.8) is 0 Å². The summed E-state index contributed by atoms with van der Waals surface area (Å²) >= 11 is 0. The van der Waals surface area contributed by atoms with Crippen LogP contribution in [0.25, 0.3) is 0 Å². The van der Waals surface area contributed by atoms with E-state index in [4.69, 9.17) is 4.74 Å². The average Bonchev–Trinajstić information content (AvgIpc) is 3.11. The molecule has 0 heterocycles. The van der Waals surface area contributed by atoms with Gasteiger partial charge in [0, 0.05) is 12.6 Å². The molecule has 0 bridgehead atoms. The SMILES string of the molecule is C=CCCC(NCCC)C(OCC)C1CC1. The molecule has 1 fully saturated rings. The topological polar surface area (TPSA) is 21.3 Å². The van der Waals surface area contributed by atoms with Crippen LogP contribution in [0.2, 0.25) is 0 Å². The van der Waals surface area contributed by atoms with Crippen molar-refractivity contribution in [1.29, 1.82) is 0 Å². The van der Waals surface area contributed by atoms with Crippen molar-refractivity contribution in [3.05, 3.63) is 12.7 Å². The Hall–Kier alpha value is -0.340. The second-order valence-corrected chi connectivity index (χ2v) is 4.68. The van der Waals surface area contributed by atoms with E-state index >= 15 is 0 Å². The van der Waals surface area contributed by atoms with E-state index in [1.807, 2.05) is 6.08 Å². The molecule has 94 valence electrons. The van der Waals surface area contributed by atoms with Gasteiger partial charge in [0.25, 0.3) is 0 Å². The van der Waals surface area contributed by atoms with Crippen LogP contribution in [0.15, 0.2) is 12.7 Å². The standard InChI is InChI=1S/C14H27NO/c1-4-7-8-13(15-11-5-2)14(16-6-3)12-9-10-12/h4,12-15H,1,5-11H2,2-3H3. The summed E-state index contributed by atoms with van der Waals surface area (Å²) < 4.78 is 5.93. The van der Waals surface area contributed by atoms with E-state index < -0.39 is 0 Å². The summed E-state index contributed by atoms with van der Waals surface area (Å²) in [5.41, 5.74) is 0. The second-order valence-electron chi connectivity index (χ2n) is 4.68. The number of hydrogen-bond acceptors (Lipinski definition) is 2. The van der Waals surface area contributed by atoms with Crippen molar-refractivity contribution in [1.82, 2.24) is 5.32 Å². The number of nitrogens with one attached hydrogen (secondary N) is 1. The van der Waals surface area contributed by atoms with E-state index in [0.29, 0.717) is 12.1 Å². The Kier molecular flexibility index (Phi) is 6.74. The molecule has 2 nitrogen and oxygen atoms in total. The van der Waals surface area contributed by atoms with E-state index in [0.717, 1.165) is 31.9 Å². The van der Waals surface area contributed by atoms with E-state index in [1.54, 1.807) is 0 Å². The molecule has 0 radical (unpaired) electrons. The molecule has 1 rings (SSSR count). The van der Waals surface area contributed by atoms with Gasteiger partial charge in [0.1, 0.15) is 0 Å². The Labute approximate surface area is 100 Å². The lowest BCUT2D eigenvalue weighted by atomic mass is 10.0. The highest BCUT2D eigenvalue weighted by atomic mass is 16.5. The maximum Gasteiger partial charge on any atom is 0.0756 e. The highest BCUT2D eigenvalue weighted by Crippen LogP contribution is 2.36. The molecule has 0 amide bonds. The van der Waals surface area contributed by atoms with Crippen LogP contribution in [0.4, 0.5) is 0 Å². The lowest BCUT2D eigenvalue weighted by Crippen LogP contribution is -2.43. The predicted molar refractivity (Wildman–Crippen MR) is 69.7 cm³/mol. The van der Waals surface area contributed by atoms with Gasteiger partial charge >= 0.3 is 0 Å². The summed E-state index contributed by atoms with van der Waals surface area (Å²) in [5, 5.41) is 3.64. The van der Waals surface area contributed by atoms with Crippen LogP contribution in [0.1, 0.15) is 46.0 Å². The molecule has 2 heteroatoms. The van der Waals surface area contributed by atoms with Gasteiger partial charge in [-0.1, -0.05) is 13.0 Å². The van der Waals surface area contributed by atoms with Crippen molar-refractivity contribution in [2.24, 2.45) is 5.92 Å². The number of allylic oxidation sites excluding steroid dienone is 1. The van der Waals surface area contributed by atoms with Gasteiger partial charge in [-0.05, 0) is 51.5 Å². The zero-order chi connectivity index (χ0) is 11.8. The van der Waals surface area contributed by atoms with Crippen LogP contribution in [-0.2, 0) is 4.74 Å². The van der Waals surface area contributed by atoms with Crippen LogP contribution in [0.5, 0.6) is 0 Å². The fourth-order valence-electron chi connectivity index (χ4n) is 2.21. The highest BCUT2D eigenvalue weighted by Gasteiger charge is 2.36. The molecule has 16 heavy (non-hydrogen) atoms. The lowest BCUT2D eigenvalue weighted by Gasteiger charge is -2.28. The van der Waals surface area contributed by atoms with Crippen LogP contribution in [0, 0.1) is 5.92 Å². The molecule has 0 saturated heterocycles. The number of rotatable bonds is 10. The van der Waals surface area contributed by atoms with Gasteiger partial charge in [-0.25, -0.2) is 0 Å². The molecule has 1 saturated carbocycles. The highest BCUT2D eigenvalue weighted by molar-refractivity contribution is 4.91. The van der Waals surface area contributed by atoms with E-state index in [2.05, 4.69) is 25.7 Å². The predicted octanol–water partition coefficient (Wildman–Crippen LogP) is 3.14. The molecule has 0 spiro atoms. The van der Waals surface area contributed by atoms with Gasteiger partial charge in [0.15, 0.2) is 0 Å². The van der Waals surface area contributed by atoms with Crippen molar-refractivity contribution in [3.8, 4) is 0 Å². The molecule has 1 aliphatic rings. The largest absolute Gasteiger partial charge is 0.377 e. The van der Waals surface area contributed by atoms with Gasteiger partial charge in [-0.15, -0.1) is 6.58 Å². The summed E-state index contributed by atoms with van der Waals surface area (Å²) in [6, 6.07) is 0.519. The third-order valence-corrected chi connectivity index (χ3v) is 3.18. The van der Waals surface area contributed by atoms with Crippen molar-refractivity contribution in [2.75, 3.05) is 13.2 Å². The minimum absolute atomic E-state index is 0.427. The third-order valence-electron chi connectivity index (χ3n) is 3.18. The zero-order valence-electron chi connectivity index (χ0n) is 10.9. The summed E-state index contributed by atoms with van der Waals surface area (Å²) in [6.07, 6.45) is 8.57. The summed E-state index contributed by atoms with van der Waals surface area (Å²) in [7, 11) is 0. The minimum Gasteiger partial charge on any atom is -0.377 e. The molecular formula is C14H27NO. The molecule has 2 atom stereocenters. The number of ether oxygens (including phenoxy) is 1. The third kappa shape index (κ3) is 4.67. The fraction of sp³-hybridized carbons (Fsp3) is 0.857. The molecule has 0 aromatic heterocycles. The van der Waals surface area contributed by atoms with Crippen LogP contribution in [0.3, 0.4) is 0 Å². The van der Waals surface area contributed by atoms with Gasteiger partial charge in [-0.2, -0.15) is 0 Å². The summed E-state index contributed by atoms with van der Waals surface area (Å²) in [4.78, 5) is 0. The maximum atomic E-state index is 5.93. The normalized spacial score (nSPS) is 19.4. The van der Waals surface area contributed by atoms with Gasteiger partial charge in [0.05, 0.1) is 6.10 Å². The quantitative estimate of drug-likeness (QED) is 0.577. The first kappa shape index (κ1) is 13.7. The van der Waals surface area contributed by atoms with Gasteiger partial charge in [0.2, 0.25) is 0 Å². The Balaban J connectivity index is 2.44. The first-order valence-corrected chi connectivity index (χ1v) is 6.79. The lowest BCUT2D eigenvalue weighted by molar-refractivity contribution is 0.0173. The molecule has 0 aliphatic heterocycles. The van der Waals surface area contributed by atoms with E-state index in [9.17, 15) is 0 Å². The minimum atomic E-state index is 0.427. The van der Waals surface area contributed by atoms with Crippen molar-refractivity contribution < 1.29 is 4.74 Å². The monoisotopic (exact) mass is 225 g/mol. The first-order chi connectivity index (χ1) is 7.83. The molecular weight excluding hydrogens is 198 g/mol. The fourth-order valence-corrected chi connectivity index (χ4v) is 2.21. The maximum absolute atomic E-state index is 5.93. The molecule has 1 N–H and O–H groups in total.